The van der Waals surface area contributed by atoms with Crippen molar-refractivity contribution in [1.29, 1.82) is 0 Å². The molecule has 11 heavy (non-hydrogen) atoms. The van der Waals surface area contributed by atoms with Crippen LogP contribution in [0.4, 0.5) is 0 Å². The fourth-order valence-electron chi connectivity index (χ4n) is 0.841. The van der Waals surface area contributed by atoms with Gasteiger partial charge in [0, 0.05) is 6.07 Å². The number of rotatable bonds is 0. The van der Waals surface area contributed by atoms with Crippen molar-refractivity contribution in [3.05, 3.63) is 30.0 Å². The third kappa shape index (κ3) is 0.861. The molecule has 5 heteroatoms. The van der Waals surface area contributed by atoms with Crippen molar-refractivity contribution in [3.63, 3.8) is 0 Å². The second-order valence-electron chi connectivity index (χ2n) is 2.02. The van der Waals surface area contributed by atoms with Crippen LogP contribution in [0.2, 0.25) is 0 Å². The van der Waals surface area contributed by atoms with Crippen molar-refractivity contribution in [1.82, 2.24) is 15.2 Å². The predicted octanol–water partition coefficient (Wildman–Crippen LogP) is -0.342. The maximum atomic E-state index is 11.0. The molecule has 0 spiro atoms. The molecule has 0 saturated heterocycles. The van der Waals surface area contributed by atoms with E-state index in [1.54, 1.807) is 6.07 Å². The average molecular weight is 148 g/mol. The van der Waals surface area contributed by atoms with E-state index in [1.807, 2.05) is 0 Å². The molecule has 0 unspecified atom stereocenters. The summed E-state index contributed by atoms with van der Waals surface area (Å²) in [4.78, 5) is 3.66. The van der Waals surface area contributed by atoms with Crippen molar-refractivity contribution in [2.45, 2.75) is 0 Å². The highest BCUT2D eigenvalue weighted by atomic mass is 16.5. The Bertz CT molecular complexity index is 384. The number of fused-ring (bicyclic) bond motifs is 1. The van der Waals surface area contributed by atoms with Crippen LogP contribution in [0.5, 0.6) is 0 Å². The Morgan fingerprint density at radius 1 is 1.45 bits per heavy atom. The SMILES string of the molecule is [O-][n+]1cncc2nnccc21. The summed E-state index contributed by atoms with van der Waals surface area (Å²) < 4.78 is 0.657. The van der Waals surface area contributed by atoms with Crippen LogP contribution >= 0.6 is 0 Å². The van der Waals surface area contributed by atoms with Crippen LogP contribution in [-0.2, 0) is 0 Å². The van der Waals surface area contributed by atoms with Crippen LogP contribution < -0.4 is 4.73 Å². The van der Waals surface area contributed by atoms with Gasteiger partial charge in [-0.2, -0.15) is 5.10 Å². The standard InChI is InChI=1S/C6H4N4O/c11-10-4-7-3-5-6(10)1-2-8-9-5/h1-4H. The fourth-order valence-corrected chi connectivity index (χ4v) is 0.841. The van der Waals surface area contributed by atoms with Crippen molar-refractivity contribution >= 4 is 11.0 Å². The van der Waals surface area contributed by atoms with Crippen LogP contribution in [0.1, 0.15) is 0 Å². The first kappa shape index (κ1) is 5.96. The molecular formula is C6H4N4O. The lowest BCUT2D eigenvalue weighted by molar-refractivity contribution is -0.580. The highest BCUT2D eigenvalue weighted by Gasteiger charge is 1.99. The topological polar surface area (TPSA) is 65.6 Å². The molecule has 0 N–H and O–H groups in total. The molecule has 0 aromatic carbocycles. The quantitative estimate of drug-likeness (QED) is 0.378. The molecule has 54 valence electrons. The van der Waals surface area contributed by atoms with Gasteiger partial charge in [-0.15, -0.1) is 5.10 Å². The Labute approximate surface area is 61.9 Å². The lowest BCUT2D eigenvalue weighted by Crippen LogP contribution is -2.27. The van der Waals surface area contributed by atoms with Gasteiger partial charge in [-0.1, -0.05) is 4.98 Å². The Hall–Kier alpha value is -1.78. The van der Waals surface area contributed by atoms with E-state index in [1.165, 1.54) is 18.7 Å². The lowest BCUT2D eigenvalue weighted by atomic mass is 10.4. The Morgan fingerprint density at radius 2 is 2.36 bits per heavy atom. The molecule has 2 aromatic heterocycles. The van der Waals surface area contributed by atoms with Gasteiger partial charge in [0.05, 0.1) is 6.20 Å². The zero-order valence-electron chi connectivity index (χ0n) is 5.51. The number of aromatic nitrogens is 4. The smallest absolute Gasteiger partial charge is 0.289 e. The third-order valence-corrected chi connectivity index (χ3v) is 1.33. The monoisotopic (exact) mass is 148 g/mol. The Kier molecular flexibility index (Phi) is 1.15. The average Bonchev–Trinajstić information content (AvgIpc) is 2.06. The molecule has 0 fully saturated rings. The Balaban J connectivity index is 2.91. The van der Waals surface area contributed by atoms with E-state index in [9.17, 15) is 5.21 Å². The van der Waals surface area contributed by atoms with Gasteiger partial charge in [0.2, 0.25) is 0 Å². The van der Waals surface area contributed by atoms with Gasteiger partial charge in [-0.25, -0.2) is 4.73 Å². The summed E-state index contributed by atoms with van der Waals surface area (Å²) in [5.41, 5.74) is 0.986. The van der Waals surface area contributed by atoms with E-state index < -0.39 is 0 Å². The first-order chi connectivity index (χ1) is 5.38. The summed E-state index contributed by atoms with van der Waals surface area (Å²) in [6.45, 7) is 0. The molecule has 0 radical (unpaired) electrons. The number of hydrogen-bond donors (Lipinski definition) is 0. The molecule has 0 atom stereocenters. The number of hydrogen-bond acceptors (Lipinski definition) is 4. The van der Waals surface area contributed by atoms with Crippen LogP contribution in [0, 0.1) is 5.21 Å². The largest absolute Gasteiger partial charge is 0.710 e. The molecular weight excluding hydrogens is 144 g/mol. The van der Waals surface area contributed by atoms with Gasteiger partial charge in [-0.05, 0) is 0 Å². The summed E-state index contributed by atoms with van der Waals surface area (Å²) in [7, 11) is 0. The number of nitrogens with zero attached hydrogens (tertiary/aromatic N) is 4. The van der Waals surface area contributed by atoms with E-state index in [0.29, 0.717) is 15.8 Å². The van der Waals surface area contributed by atoms with E-state index in [-0.39, 0.29) is 0 Å². The molecule has 0 saturated carbocycles. The third-order valence-electron chi connectivity index (χ3n) is 1.33. The van der Waals surface area contributed by atoms with Crippen LogP contribution in [-0.4, -0.2) is 15.2 Å². The van der Waals surface area contributed by atoms with Gasteiger partial charge in [0.25, 0.3) is 6.33 Å². The van der Waals surface area contributed by atoms with Crippen LogP contribution in [0.25, 0.3) is 11.0 Å². The molecule has 0 amide bonds. The molecule has 2 rings (SSSR count). The zero-order valence-corrected chi connectivity index (χ0v) is 5.51. The van der Waals surface area contributed by atoms with Crippen LogP contribution in [0.3, 0.4) is 0 Å². The minimum absolute atomic E-state index is 0.481. The van der Waals surface area contributed by atoms with Crippen LogP contribution in [0.15, 0.2) is 24.8 Å². The van der Waals surface area contributed by atoms with Gasteiger partial charge < -0.3 is 5.21 Å². The van der Waals surface area contributed by atoms with Gasteiger partial charge >= 0.3 is 0 Å². The molecule has 0 aliphatic rings. The van der Waals surface area contributed by atoms with E-state index in [2.05, 4.69) is 15.2 Å². The van der Waals surface area contributed by atoms with Crippen molar-refractivity contribution in [2.24, 2.45) is 0 Å². The highest BCUT2D eigenvalue weighted by Crippen LogP contribution is 1.99. The second-order valence-corrected chi connectivity index (χ2v) is 2.02. The van der Waals surface area contributed by atoms with E-state index >= 15 is 0 Å². The molecule has 2 aromatic rings. The first-order valence-electron chi connectivity index (χ1n) is 3.02. The van der Waals surface area contributed by atoms with Gasteiger partial charge in [0.15, 0.2) is 17.2 Å². The lowest BCUT2D eigenvalue weighted by Gasteiger charge is -2.00. The molecule has 0 bridgehead atoms. The Morgan fingerprint density at radius 3 is 3.18 bits per heavy atom. The fraction of sp³-hybridized carbons (Fsp3) is 0. The highest BCUT2D eigenvalue weighted by molar-refractivity contribution is 5.67. The van der Waals surface area contributed by atoms with Crippen molar-refractivity contribution in [3.8, 4) is 0 Å². The van der Waals surface area contributed by atoms with Gasteiger partial charge in [0.1, 0.15) is 0 Å². The summed E-state index contributed by atoms with van der Waals surface area (Å²) in [6, 6.07) is 1.59. The zero-order chi connectivity index (χ0) is 7.68. The van der Waals surface area contributed by atoms with Crippen molar-refractivity contribution < 1.29 is 4.73 Å². The summed E-state index contributed by atoms with van der Waals surface area (Å²) in [5, 5.41) is 18.3. The summed E-state index contributed by atoms with van der Waals surface area (Å²) >= 11 is 0. The summed E-state index contributed by atoms with van der Waals surface area (Å²) in [5.74, 6) is 0. The minimum Gasteiger partial charge on any atom is -0.710 e. The molecule has 5 nitrogen and oxygen atoms in total. The maximum absolute atomic E-state index is 11.0. The summed E-state index contributed by atoms with van der Waals surface area (Å²) in [6.07, 6.45) is 4.15. The predicted molar refractivity (Wildman–Crippen MR) is 36.3 cm³/mol. The van der Waals surface area contributed by atoms with Crippen molar-refractivity contribution in [2.75, 3.05) is 0 Å². The van der Waals surface area contributed by atoms with E-state index in [0.717, 1.165) is 0 Å². The normalized spacial score (nSPS) is 10.2. The maximum Gasteiger partial charge on any atom is 0.289 e. The molecule has 0 aliphatic heterocycles. The molecule has 0 aliphatic carbocycles. The molecule has 2 heterocycles. The first-order valence-corrected chi connectivity index (χ1v) is 3.02. The minimum atomic E-state index is 0.481. The van der Waals surface area contributed by atoms with E-state index in [4.69, 9.17) is 0 Å². The van der Waals surface area contributed by atoms with Gasteiger partial charge in [-0.3, -0.25) is 0 Å². The second kappa shape index (κ2) is 2.12.